The van der Waals surface area contributed by atoms with E-state index in [1.807, 2.05) is 0 Å². The van der Waals surface area contributed by atoms with E-state index in [1.165, 1.54) is 94.3 Å². The fourth-order valence-electron chi connectivity index (χ4n) is 9.49. The number of hydrogen-bond acceptors (Lipinski definition) is 1. The Morgan fingerprint density at radius 2 is 0.786 bits per heavy atom. The lowest BCUT2D eigenvalue weighted by Crippen LogP contribution is -2.16. The molecule has 0 heterocycles. The number of benzene rings is 9. The molecule has 1 nitrogen and oxygen atoms in total. The van der Waals surface area contributed by atoms with E-state index < -0.39 is 0 Å². The Hall–Kier alpha value is -6.96. The fraction of sp³-hybridized carbons (Fsp3) is 0.0545. The second kappa shape index (κ2) is 12.5. The van der Waals surface area contributed by atoms with Gasteiger partial charge in [0.1, 0.15) is 0 Å². The first-order chi connectivity index (χ1) is 27.5. The molecule has 0 radical (unpaired) electrons. The van der Waals surface area contributed by atoms with Crippen molar-refractivity contribution in [3.8, 4) is 66.8 Å². The van der Waals surface area contributed by atoms with Gasteiger partial charge in [0.2, 0.25) is 0 Å². The van der Waals surface area contributed by atoms with Gasteiger partial charge in [-0.05, 0) is 113 Å². The highest BCUT2D eigenvalue weighted by molar-refractivity contribution is 6.18. The largest absolute Gasteiger partial charge is 0.310 e. The molecule has 0 unspecified atom stereocenters. The summed E-state index contributed by atoms with van der Waals surface area (Å²) in [5.41, 5.74) is 21.4. The number of nitrogens with zero attached hydrogens (tertiary/aromatic N) is 1. The first kappa shape index (κ1) is 32.5. The quantitative estimate of drug-likeness (QED) is 0.166. The van der Waals surface area contributed by atoms with Crippen LogP contribution in [0.5, 0.6) is 0 Å². The van der Waals surface area contributed by atoms with Gasteiger partial charge in [-0.1, -0.05) is 184 Å². The maximum absolute atomic E-state index is 2.45. The lowest BCUT2D eigenvalue weighted by molar-refractivity contribution is 0.660. The average Bonchev–Trinajstić information content (AvgIpc) is 3.71. The molecule has 0 spiro atoms. The van der Waals surface area contributed by atoms with Gasteiger partial charge in [-0.3, -0.25) is 0 Å². The highest BCUT2D eigenvalue weighted by Crippen LogP contribution is 2.54. The summed E-state index contributed by atoms with van der Waals surface area (Å²) in [5.74, 6) is 0. The lowest BCUT2D eigenvalue weighted by Gasteiger charge is -2.29. The third kappa shape index (κ3) is 4.94. The summed E-state index contributed by atoms with van der Waals surface area (Å²) in [7, 11) is 0. The van der Waals surface area contributed by atoms with E-state index in [0.29, 0.717) is 0 Å². The summed E-state index contributed by atoms with van der Waals surface area (Å²) >= 11 is 0. The molecule has 9 aromatic rings. The van der Waals surface area contributed by atoms with Crippen LogP contribution in [0.25, 0.3) is 77.5 Å². The van der Waals surface area contributed by atoms with E-state index in [2.05, 4.69) is 219 Å². The van der Waals surface area contributed by atoms with E-state index >= 15 is 0 Å². The van der Waals surface area contributed by atoms with E-state index in [9.17, 15) is 0 Å². The normalized spacial score (nSPS) is 13.0. The molecule has 0 saturated heterocycles. The fourth-order valence-corrected chi connectivity index (χ4v) is 9.49. The SMILES string of the molecule is CC1(C)c2ccccc2-c2c(N(c3ccc(-c4ccc(-c5ccccc5)cc4)cc3)c3ccc(-c4ccc5c6c(cccc46)-c4ccccc4-5)cc3)cccc21. The van der Waals surface area contributed by atoms with Gasteiger partial charge in [0.15, 0.2) is 0 Å². The van der Waals surface area contributed by atoms with Crippen molar-refractivity contribution in [2.45, 2.75) is 19.3 Å². The van der Waals surface area contributed by atoms with Gasteiger partial charge in [-0.2, -0.15) is 0 Å². The van der Waals surface area contributed by atoms with Crippen molar-refractivity contribution < 1.29 is 0 Å². The van der Waals surface area contributed by atoms with Crippen molar-refractivity contribution in [3.05, 3.63) is 211 Å². The van der Waals surface area contributed by atoms with E-state index in [4.69, 9.17) is 0 Å². The van der Waals surface area contributed by atoms with Crippen LogP contribution >= 0.6 is 0 Å². The zero-order valence-corrected chi connectivity index (χ0v) is 31.5. The summed E-state index contributed by atoms with van der Waals surface area (Å²) in [4.78, 5) is 2.45. The Bertz CT molecular complexity index is 2920. The number of hydrogen-bond donors (Lipinski definition) is 0. The molecule has 0 saturated carbocycles. The molecule has 0 atom stereocenters. The van der Waals surface area contributed by atoms with Crippen LogP contribution in [0, 0.1) is 0 Å². The van der Waals surface area contributed by atoms with Crippen molar-refractivity contribution in [2.24, 2.45) is 0 Å². The van der Waals surface area contributed by atoms with Crippen LogP contribution in [0.1, 0.15) is 25.0 Å². The van der Waals surface area contributed by atoms with Crippen LogP contribution in [0.2, 0.25) is 0 Å². The monoisotopic (exact) mass is 713 g/mol. The zero-order chi connectivity index (χ0) is 37.4. The number of fused-ring (bicyclic) bond motifs is 6. The molecule has 0 fully saturated rings. The summed E-state index contributed by atoms with van der Waals surface area (Å²) in [6.07, 6.45) is 0. The van der Waals surface area contributed by atoms with Gasteiger partial charge < -0.3 is 4.90 Å². The maximum atomic E-state index is 2.45. The number of anilines is 3. The molecule has 0 aromatic heterocycles. The Kier molecular flexibility index (Phi) is 7.28. The Morgan fingerprint density at radius 1 is 0.321 bits per heavy atom. The highest BCUT2D eigenvalue weighted by Gasteiger charge is 2.37. The van der Waals surface area contributed by atoms with Crippen LogP contribution in [-0.4, -0.2) is 0 Å². The van der Waals surface area contributed by atoms with Crippen molar-refractivity contribution >= 4 is 27.8 Å². The molecule has 0 amide bonds. The van der Waals surface area contributed by atoms with Crippen molar-refractivity contribution in [3.63, 3.8) is 0 Å². The lowest BCUT2D eigenvalue weighted by atomic mass is 9.82. The van der Waals surface area contributed by atoms with Crippen molar-refractivity contribution in [2.75, 3.05) is 4.90 Å². The predicted octanol–water partition coefficient (Wildman–Crippen LogP) is 15.3. The van der Waals surface area contributed by atoms with Crippen molar-refractivity contribution in [1.29, 1.82) is 0 Å². The summed E-state index contributed by atoms with van der Waals surface area (Å²) < 4.78 is 0. The molecule has 0 bridgehead atoms. The van der Waals surface area contributed by atoms with Gasteiger partial charge in [0.05, 0.1) is 5.69 Å². The molecule has 56 heavy (non-hydrogen) atoms. The molecule has 11 rings (SSSR count). The molecular formula is C55H39N. The molecule has 2 aliphatic rings. The molecule has 9 aromatic carbocycles. The van der Waals surface area contributed by atoms with Crippen LogP contribution in [-0.2, 0) is 5.41 Å². The van der Waals surface area contributed by atoms with Crippen LogP contribution in [0.3, 0.4) is 0 Å². The smallest absolute Gasteiger partial charge is 0.0543 e. The maximum Gasteiger partial charge on any atom is 0.0543 e. The van der Waals surface area contributed by atoms with Gasteiger partial charge in [-0.25, -0.2) is 0 Å². The van der Waals surface area contributed by atoms with E-state index in [-0.39, 0.29) is 5.41 Å². The minimum Gasteiger partial charge on any atom is -0.310 e. The predicted molar refractivity (Wildman–Crippen MR) is 237 cm³/mol. The van der Waals surface area contributed by atoms with Crippen LogP contribution < -0.4 is 4.90 Å². The second-order valence-corrected chi connectivity index (χ2v) is 15.7. The Balaban J connectivity index is 1.02. The molecule has 0 N–H and O–H groups in total. The Morgan fingerprint density at radius 3 is 1.45 bits per heavy atom. The van der Waals surface area contributed by atoms with Gasteiger partial charge >= 0.3 is 0 Å². The molecule has 0 aliphatic heterocycles. The molecule has 264 valence electrons. The molecule has 1 heteroatoms. The van der Waals surface area contributed by atoms with E-state index in [0.717, 1.165) is 11.4 Å². The Labute approximate surface area is 328 Å². The molecule has 2 aliphatic carbocycles. The number of rotatable bonds is 6. The van der Waals surface area contributed by atoms with Crippen LogP contribution in [0.4, 0.5) is 17.1 Å². The topological polar surface area (TPSA) is 3.24 Å². The van der Waals surface area contributed by atoms with Gasteiger partial charge in [0, 0.05) is 22.4 Å². The summed E-state index contributed by atoms with van der Waals surface area (Å²) in [5, 5.41) is 2.65. The first-order valence-electron chi connectivity index (χ1n) is 19.6. The van der Waals surface area contributed by atoms with Crippen LogP contribution in [0.15, 0.2) is 200 Å². The molecular weight excluding hydrogens is 675 g/mol. The summed E-state index contributed by atoms with van der Waals surface area (Å²) in [6.45, 7) is 4.71. The van der Waals surface area contributed by atoms with E-state index in [1.54, 1.807) is 0 Å². The minimum atomic E-state index is -0.0946. The second-order valence-electron chi connectivity index (χ2n) is 15.7. The third-order valence-electron chi connectivity index (χ3n) is 12.3. The minimum absolute atomic E-state index is 0.0946. The highest BCUT2D eigenvalue weighted by atomic mass is 15.1. The van der Waals surface area contributed by atoms with Gasteiger partial charge in [0.25, 0.3) is 0 Å². The van der Waals surface area contributed by atoms with Crippen molar-refractivity contribution in [1.82, 2.24) is 0 Å². The van der Waals surface area contributed by atoms with Gasteiger partial charge in [-0.15, -0.1) is 0 Å². The first-order valence-corrected chi connectivity index (χ1v) is 19.6. The zero-order valence-electron chi connectivity index (χ0n) is 31.5. The summed E-state index contributed by atoms with van der Waals surface area (Å²) in [6, 6.07) is 73.7. The third-order valence-corrected chi connectivity index (χ3v) is 12.3. The standard InChI is InChI=1S/C55H39N/c1-55(2)50-19-9-8-16-49(50)54-51(55)20-11-21-52(54)56(41-30-26-39(27-31-41)38-24-22-37(23-25-38)36-12-4-3-5-13-36)42-32-28-40(29-33-42)43-34-35-48-45-15-7-6-14-44(45)47-18-10-17-46(43)53(47)48/h3-35H,1-2H3. The average molecular weight is 714 g/mol.